The Morgan fingerprint density at radius 2 is 1.79 bits per heavy atom. The molecule has 2 aliphatic carbocycles. The van der Waals surface area contributed by atoms with Crippen molar-refractivity contribution in [1.82, 2.24) is 9.80 Å². The lowest BCUT2D eigenvalue weighted by Gasteiger charge is -2.28. The van der Waals surface area contributed by atoms with Gasteiger partial charge in [-0.3, -0.25) is 9.59 Å². The molecule has 0 bridgehead atoms. The van der Waals surface area contributed by atoms with Gasteiger partial charge in [0.25, 0.3) is 0 Å². The first-order valence-corrected chi connectivity index (χ1v) is 9.74. The molecule has 3 rings (SSSR count). The Kier molecular flexibility index (Phi) is 6.14. The van der Waals surface area contributed by atoms with Crippen LogP contribution in [0.3, 0.4) is 0 Å². The normalized spacial score (nSPS) is 25.0. The van der Waals surface area contributed by atoms with E-state index < -0.39 is 0 Å². The van der Waals surface area contributed by atoms with Gasteiger partial charge < -0.3 is 14.5 Å². The molecule has 3 aliphatic rings. The molecule has 1 saturated heterocycles. The molecule has 3 fully saturated rings. The number of likely N-dealkylation sites (N-methyl/N-ethyl adjacent to an activating group) is 1. The Labute approximate surface area is 145 Å². The number of carbonyl (C=O) groups is 2. The van der Waals surface area contributed by atoms with Crippen LogP contribution in [-0.4, -0.2) is 61.0 Å². The maximum absolute atomic E-state index is 12.5. The summed E-state index contributed by atoms with van der Waals surface area (Å²) in [5.74, 6) is 1.59. The molecule has 2 amide bonds. The van der Waals surface area contributed by atoms with Crippen molar-refractivity contribution in [2.45, 2.75) is 63.8 Å². The molecule has 0 radical (unpaired) electrons. The molecule has 5 nitrogen and oxygen atoms in total. The highest BCUT2D eigenvalue weighted by atomic mass is 16.5. The molecule has 0 spiro atoms. The maximum Gasteiger partial charge on any atom is 0.248 e. The highest BCUT2D eigenvalue weighted by Crippen LogP contribution is 2.29. The van der Waals surface area contributed by atoms with E-state index in [0.29, 0.717) is 24.8 Å². The average molecular weight is 336 g/mol. The van der Waals surface area contributed by atoms with Gasteiger partial charge in [-0.25, -0.2) is 0 Å². The van der Waals surface area contributed by atoms with Crippen LogP contribution in [0.25, 0.3) is 0 Å². The molecule has 5 heteroatoms. The molecule has 0 aromatic rings. The quantitative estimate of drug-likeness (QED) is 0.717. The third kappa shape index (κ3) is 4.95. The highest BCUT2D eigenvalue weighted by Gasteiger charge is 2.32. The van der Waals surface area contributed by atoms with Crippen molar-refractivity contribution in [3.63, 3.8) is 0 Å². The van der Waals surface area contributed by atoms with Crippen molar-refractivity contribution >= 4 is 11.8 Å². The largest absolute Gasteiger partial charge is 0.371 e. The van der Waals surface area contributed by atoms with Gasteiger partial charge in [0.2, 0.25) is 11.8 Å². The van der Waals surface area contributed by atoms with Crippen molar-refractivity contribution in [3.8, 4) is 0 Å². The fourth-order valence-corrected chi connectivity index (χ4v) is 3.96. The highest BCUT2D eigenvalue weighted by molar-refractivity contribution is 5.79. The summed E-state index contributed by atoms with van der Waals surface area (Å²) in [5, 5.41) is 0. The minimum Gasteiger partial charge on any atom is -0.371 e. The second-order valence-corrected chi connectivity index (χ2v) is 7.95. The Morgan fingerprint density at radius 3 is 2.50 bits per heavy atom. The second-order valence-electron chi connectivity index (χ2n) is 7.95. The lowest BCUT2D eigenvalue weighted by molar-refractivity contribution is -0.137. The monoisotopic (exact) mass is 336 g/mol. The molecule has 136 valence electrons. The topological polar surface area (TPSA) is 49.9 Å². The molecule has 0 aromatic heterocycles. The minimum absolute atomic E-state index is 0.0753. The molecule has 1 aliphatic heterocycles. The van der Waals surface area contributed by atoms with Crippen molar-refractivity contribution in [2.24, 2.45) is 11.8 Å². The summed E-state index contributed by atoms with van der Waals surface area (Å²) in [6, 6.07) is 0.175. The van der Waals surface area contributed by atoms with Crippen molar-refractivity contribution in [1.29, 1.82) is 0 Å². The predicted molar refractivity (Wildman–Crippen MR) is 92.5 cm³/mol. The van der Waals surface area contributed by atoms with E-state index in [-0.39, 0.29) is 24.5 Å². The van der Waals surface area contributed by atoms with Gasteiger partial charge in [-0.05, 0) is 43.9 Å². The van der Waals surface area contributed by atoms with Crippen molar-refractivity contribution in [3.05, 3.63) is 0 Å². The molecule has 1 heterocycles. The Hall–Kier alpha value is -1.10. The van der Waals surface area contributed by atoms with E-state index in [9.17, 15) is 9.59 Å². The van der Waals surface area contributed by atoms with Crippen molar-refractivity contribution in [2.75, 3.05) is 33.4 Å². The number of rotatable bonds is 7. The first kappa shape index (κ1) is 17.7. The third-order valence-electron chi connectivity index (χ3n) is 5.92. The van der Waals surface area contributed by atoms with Gasteiger partial charge >= 0.3 is 0 Å². The van der Waals surface area contributed by atoms with Crippen LogP contribution < -0.4 is 0 Å². The Morgan fingerprint density at radius 1 is 1.04 bits per heavy atom. The molecular formula is C19H32N2O3. The standard InChI is InChI=1S/C19H32N2O3/c1-20(18(22)11-15-5-3-2-4-6-15)17-9-10-21(12-17)19(23)14-24-13-16-7-8-16/h15-17H,2-14H2,1H3. The average Bonchev–Trinajstić information content (AvgIpc) is 3.28. The number of carbonyl (C=O) groups excluding carboxylic acids is 2. The second kappa shape index (κ2) is 8.32. The molecule has 24 heavy (non-hydrogen) atoms. The van der Waals surface area contributed by atoms with E-state index in [1.807, 2.05) is 16.8 Å². The number of ether oxygens (including phenoxy) is 1. The van der Waals surface area contributed by atoms with Crippen LogP contribution in [0.2, 0.25) is 0 Å². The van der Waals surface area contributed by atoms with Crippen LogP contribution in [0, 0.1) is 11.8 Å². The zero-order valence-corrected chi connectivity index (χ0v) is 15.0. The van der Waals surface area contributed by atoms with E-state index in [2.05, 4.69) is 0 Å². The van der Waals surface area contributed by atoms with Crippen LogP contribution in [0.4, 0.5) is 0 Å². The van der Waals surface area contributed by atoms with Gasteiger partial charge in [0.05, 0.1) is 12.6 Å². The molecular weight excluding hydrogens is 304 g/mol. The van der Waals surface area contributed by atoms with E-state index in [0.717, 1.165) is 19.6 Å². The number of hydrogen-bond donors (Lipinski definition) is 0. The van der Waals surface area contributed by atoms with Gasteiger partial charge in [0.1, 0.15) is 6.61 Å². The van der Waals surface area contributed by atoms with Gasteiger partial charge in [-0.2, -0.15) is 0 Å². The van der Waals surface area contributed by atoms with Gasteiger partial charge in [-0.1, -0.05) is 19.3 Å². The number of nitrogens with zero attached hydrogens (tertiary/aromatic N) is 2. The summed E-state index contributed by atoms with van der Waals surface area (Å²) in [6.45, 7) is 2.33. The van der Waals surface area contributed by atoms with Crippen LogP contribution in [0.1, 0.15) is 57.8 Å². The SMILES string of the molecule is CN(C(=O)CC1CCCCC1)C1CCN(C(=O)COCC2CC2)C1. The minimum atomic E-state index is 0.0753. The fourth-order valence-electron chi connectivity index (χ4n) is 3.96. The van der Waals surface area contributed by atoms with E-state index in [1.54, 1.807) is 0 Å². The van der Waals surface area contributed by atoms with Gasteiger partial charge in [0.15, 0.2) is 0 Å². The van der Waals surface area contributed by atoms with Crippen molar-refractivity contribution < 1.29 is 14.3 Å². The summed E-state index contributed by atoms with van der Waals surface area (Å²) >= 11 is 0. The fraction of sp³-hybridized carbons (Fsp3) is 0.895. The zero-order valence-electron chi connectivity index (χ0n) is 15.0. The Bertz CT molecular complexity index is 444. The predicted octanol–water partition coefficient (Wildman–Crippen LogP) is 2.44. The zero-order chi connectivity index (χ0) is 16.9. The molecule has 0 N–H and O–H groups in total. The lowest BCUT2D eigenvalue weighted by atomic mass is 9.86. The van der Waals surface area contributed by atoms with Crippen LogP contribution >= 0.6 is 0 Å². The van der Waals surface area contributed by atoms with Crippen LogP contribution in [-0.2, 0) is 14.3 Å². The summed E-state index contributed by atoms with van der Waals surface area (Å²) in [6.07, 6.45) is 10.3. The van der Waals surface area contributed by atoms with E-state index in [4.69, 9.17) is 4.74 Å². The van der Waals surface area contributed by atoms with Crippen LogP contribution in [0.5, 0.6) is 0 Å². The number of likely N-dealkylation sites (tertiary alicyclic amines) is 1. The first-order chi connectivity index (χ1) is 11.6. The van der Waals surface area contributed by atoms with E-state index in [1.165, 1.54) is 44.9 Å². The third-order valence-corrected chi connectivity index (χ3v) is 5.92. The summed E-state index contributed by atoms with van der Waals surface area (Å²) in [4.78, 5) is 28.5. The molecule has 1 atom stereocenters. The number of hydrogen-bond acceptors (Lipinski definition) is 3. The van der Waals surface area contributed by atoms with E-state index >= 15 is 0 Å². The van der Waals surface area contributed by atoms with Gasteiger partial charge in [0, 0.05) is 26.6 Å². The molecule has 2 saturated carbocycles. The smallest absolute Gasteiger partial charge is 0.248 e. The summed E-state index contributed by atoms with van der Waals surface area (Å²) in [5.41, 5.74) is 0. The first-order valence-electron chi connectivity index (χ1n) is 9.74. The summed E-state index contributed by atoms with van der Waals surface area (Å²) in [7, 11) is 1.91. The van der Waals surface area contributed by atoms with Gasteiger partial charge in [-0.15, -0.1) is 0 Å². The number of amides is 2. The van der Waals surface area contributed by atoms with Crippen LogP contribution in [0.15, 0.2) is 0 Å². The lowest BCUT2D eigenvalue weighted by Crippen LogP contribution is -2.41. The Balaban J connectivity index is 1.38. The maximum atomic E-state index is 12.5. The molecule has 1 unspecified atom stereocenters. The summed E-state index contributed by atoms with van der Waals surface area (Å²) < 4.78 is 5.50. The molecule has 0 aromatic carbocycles.